The van der Waals surface area contributed by atoms with Gasteiger partial charge in [0.25, 0.3) is 0 Å². The van der Waals surface area contributed by atoms with Crippen molar-refractivity contribution in [2.45, 2.75) is 0 Å². The minimum atomic E-state index is -0.153. The quantitative estimate of drug-likeness (QED) is 0.843. The first-order valence-corrected chi connectivity index (χ1v) is 6.00. The molecule has 6 nitrogen and oxygen atoms in total. The Morgan fingerprint density at radius 1 is 1.50 bits per heavy atom. The molecule has 18 heavy (non-hydrogen) atoms. The highest BCUT2D eigenvalue weighted by Crippen LogP contribution is 2.12. The summed E-state index contributed by atoms with van der Waals surface area (Å²) in [5.74, 6) is -0.153. The van der Waals surface area contributed by atoms with Crippen LogP contribution in [0.1, 0.15) is 0 Å². The third-order valence-electron chi connectivity index (χ3n) is 2.12. The van der Waals surface area contributed by atoms with Crippen LogP contribution >= 0.6 is 11.3 Å². The van der Waals surface area contributed by atoms with Crippen LogP contribution in [0, 0.1) is 4.91 Å². The maximum atomic E-state index is 11.6. The summed E-state index contributed by atoms with van der Waals surface area (Å²) in [5, 5.41) is 7.73. The number of anilines is 1. The number of thiazole rings is 1. The molecule has 0 spiro atoms. The smallest absolute Gasteiger partial charge is 0.246 e. The molecular formula is C11H10N4O2S. The molecule has 2 heterocycles. The average Bonchev–Trinajstić information content (AvgIpc) is 2.84. The molecule has 92 valence electrons. The van der Waals surface area contributed by atoms with Gasteiger partial charge in [-0.1, -0.05) is 0 Å². The first kappa shape index (κ1) is 12.2. The summed E-state index contributed by atoms with van der Waals surface area (Å²) >= 11 is 1.37. The minimum absolute atomic E-state index is 0.153. The van der Waals surface area contributed by atoms with E-state index in [1.54, 1.807) is 41.0 Å². The van der Waals surface area contributed by atoms with Crippen LogP contribution in [0.15, 0.2) is 53.1 Å². The number of nitrogens with zero attached hydrogens (tertiary/aromatic N) is 3. The van der Waals surface area contributed by atoms with E-state index in [2.05, 4.69) is 15.5 Å². The normalized spacial score (nSPS) is 13.6. The van der Waals surface area contributed by atoms with Crippen LogP contribution in [0.25, 0.3) is 0 Å². The Bertz CT molecular complexity index is 503. The van der Waals surface area contributed by atoms with Crippen molar-refractivity contribution in [3.8, 4) is 0 Å². The van der Waals surface area contributed by atoms with Gasteiger partial charge in [0.1, 0.15) is 6.54 Å². The van der Waals surface area contributed by atoms with E-state index in [0.29, 0.717) is 10.7 Å². The van der Waals surface area contributed by atoms with Crippen molar-refractivity contribution in [1.82, 2.24) is 9.88 Å². The van der Waals surface area contributed by atoms with Crippen LogP contribution < -0.4 is 5.32 Å². The number of aromatic nitrogens is 1. The Morgan fingerprint density at radius 2 is 2.28 bits per heavy atom. The van der Waals surface area contributed by atoms with Gasteiger partial charge in [-0.25, -0.2) is 4.98 Å². The summed E-state index contributed by atoms with van der Waals surface area (Å²) < 4.78 is 0. The van der Waals surface area contributed by atoms with Crippen molar-refractivity contribution in [2.75, 3.05) is 11.9 Å². The Hall–Kier alpha value is -2.28. The van der Waals surface area contributed by atoms with Gasteiger partial charge in [-0.3, -0.25) is 4.79 Å². The maximum Gasteiger partial charge on any atom is 0.246 e. The third kappa shape index (κ3) is 3.36. The first-order chi connectivity index (χ1) is 8.78. The molecular weight excluding hydrogens is 252 g/mol. The van der Waals surface area contributed by atoms with Crippen molar-refractivity contribution < 1.29 is 4.79 Å². The van der Waals surface area contributed by atoms with Crippen LogP contribution in [0.3, 0.4) is 0 Å². The van der Waals surface area contributed by atoms with Crippen LogP contribution in [0.4, 0.5) is 5.13 Å². The monoisotopic (exact) mass is 262 g/mol. The van der Waals surface area contributed by atoms with E-state index < -0.39 is 0 Å². The fourth-order valence-corrected chi connectivity index (χ4v) is 1.88. The van der Waals surface area contributed by atoms with Crippen molar-refractivity contribution in [3.63, 3.8) is 0 Å². The highest BCUT2D eigenvalue weighted by Gasteiger charge is 2.08. The van der Waals surface area contributed by atoms with Gasteiger partial charge in [0, 0.05) is 24.0 Å². The van der Waals surface area contributed by atoms with Gasteiger partial charge in [0.05, 0.1) is 6.20 Å². The fourth-order valence-electron chi connectivity index (χ4n) is 1.33. The molecule has 0 fully saturated rings. The summed E-state index contributed by atoms with van der Waals surface area (Å²) in [6.07, 6.45) is 9.66. The van der Waals surface area contributed by atoms with Crippen molar-refractivity contribution in [3.05, 3.63) is 52.8 Å². The molecule has 1 aliphatic heterocycles. The maximum absolute atomic E-state index is 11.6. The molecule has 0 aromatic carbocycles. The van der Waals surface area contributed by atoms with Gasteiger partial charge in [-0.2, -0.15) is 0 Å². The average molecular weight is 262 g/mol. The predicted octanol–water partition coefficient (Wildman–Crippen LogP) is 2.07. The SMILES string of the molecule is O=NC=C1C=CN(CC(=O)Nc2nccs2)C=C1. The second kappa shape index (κ2) is 5.87. The molecule has 7 heteroatoms. The van der Waals surface area contributed by atoms with Gasteiger partial charge in [-0.15, -0.1) is 16.2 Å². The van der Waals surface area contributed by atoms with Gasteiger partial charge in [-0.05, 0) is 22.9 Å². The zero-order valence-electron chi connectivity index (χ0n) is 9.31. The number of nitrogens with one attached hydrogen (secondary N) is 1. The van der Waals surface area contributed by atoms with Crippen LogP contribution in [0.5, 0.6) is 0 Å². The number of carbonyl (C=O) groups is 1. The number of allylic oxidation sites excluding steroid dienone is 3. The molecule has 0 aliphatic carbocycles. The molecule has 0 atom stereocenters. The molecule has 2 rings (SSSR count). The lowest BCUT2D eigenvalue weighted by molar-refractivity contribution is -0.116. The lowest BCUT2D eigenvalue weighted by Crippen LogP contribution is -2.26. The van der Waals surface area contributed by atoms with Gasteiger partial charge < -0.3 is 10.2 Å². The summed E-state index contributed by atoms with van der Waals surface area (Å²) in [5.41, 5.74) is 0.696. The van der Waals surface area contributed by atoms with E-state index in [9.17, 15) is 9.70 Å². The predicted molar refractivity (Wildman–Crippen MR) is 69.6 cm³/mol. The molecule has 1 aliphatic rings. The Labute approximate surface area is 107 Å². The first-order valence-electron chi connectivity index (χ1n) is 5.12. The highest BCUT2D eigenvalue weighted by molar-refractivity contribution is 7.13. The molecule has 0 radical (unpaired) electrons. The highest BCUT2D eigenvalue weighted by atomic mass is 32.1. The molecule has 1 amide bonds. The Morgan fingerprint density at radius 3 is 2.89 bits per heavy atom. The molecule has 1 aromatic heterocycles. The summed E-state index contributed by atoms with van der Waals surface area (Å²) in [7, 11) is 0. The fraction of sp³-hybridized carbons (Fsp3) is 0.0909. The van der Waals surface area contributed by atoms with E-state index in [1.807, 2.05) is 0 Å². The number of rotatable bonds is 4. The zero-order chi connectivity index (χ0) is 12.8. The van der Waals surface area contributed by atoms with Gasteiger partial charge in [0.2, 0.25) is 5.91 Å². The summed E-state index contributed by atoms with van der Waals surface area (Å²) in [6, 6.07) is 0. The molecule has 1 N–H and O–H groups in total. The number of carbonyl (C=O) groups excluding carboxylic acids is 1. The molecule has 1 aromatic rings. The van der Waals surface area contributed by atoms with Crippen molar-refractivity contribution in [2.24, 2.45) is 5.18 Å². The van der Waals surface area contributed by atoms with Crippen LogP contribution in [-0.2, 0) is 4.79 Å². The molecule has 0 unspecified atom stereocenters. The topological polar surface area (TPSA) is 74.7 Å². The van der Waals surface area contributed by atoms with Crippen LogP contribution in [-0.4, -0.2) is 22.3 Å². The number of amides is 1. The minimum Gasteiger partial charge on any atom is -0.345 e. The van der Waals surface area contributed by atoms with E-state index in [4.69, 9.17) is 0 Å². The number of hydrogen-bond acceptors (Lipinski definition) is 6. The number of hydrogen-bond donors (Lipinski definition) is 1. The van der Waals surface area contributed by atoms with Crippen LogP contribution in [0.2, 0.25) is 0 Å². The lowest BCUT2D eigenvalue weighted by atomic mass is 10.2. The van der Waals surface area contributed by atoms with Crippen molar-refractivity contribution >= 4 is 22.4 Å². The van der Waals surface area contributed by atoms with Gasteiger partial charge in [0.15, 0.2) is 5.13 Å². The largest absolute Gasteiger partial charge is 0.345 e. The summed E-state index contributed by atoms with van der Waals surface area (Å²) in [6.45, 7) is 0.189. The Balaban J connectivity index is 1.86. The lowest BCUT2D eigenvalue weighted by Gasteiger charge is -2.17. The van der Waals surface area contributed by atoms with E-state index in [-0.39, 0.29) is 12.5 Å². The zero-order valence-corrected chi connectivity index (χ0v) is 10.1. The molecule has 0 bridgehead atoms. The second-order valence-corrected chi connectivity index (χ2v) is 4.32. The molecule has 0 saturated carbocycles. The van der Waals surface area contributed by atoms with Crippen molar-refractivity contribution in [1.29, 1.82) is 0 Å². The third-order valence-corrected chi connectivity index (χ3v) is 2.81. The Kier molecular flexibility index (Phi) is 3.98. The van der Waals surface area contributed by atoms with Gasteiger partial charge >= 0.3 is 0 Å². The summed E-state index contributed by atoms with van der Waals surface area (Å²) in [4.78, 5) is 27.3. The number of nitroso groups, excluding NO2 is 1. The second-order valence-electron chi connectivity index (χ2n) is 3.42. The molecule has 0 saturated heterocycles. The van der Waals surface area contributed by atoms with E-state index in [1.165, 1.54) is 17.5 Å². The van der Waals surface area contributed by atoms with E-state index >= 15 is 0 Å². The van der Waals surface area contributed by atoms with E-state index in [0.717, 1.165) is 0 Å². The standard InChI is InChI=1S/C11H10N4O2S/c16-10(14-11-12-3-6-18-11)8-15-4-1-9(2-5-15)7-13-17/h1-7H,8H2,(H,12,14,16).